The first kappa shape index (κ1) is 60.3. The second-order valence-electron chi connectivity index (χ2n) is 18.8. The molecule has 0 amide bonds. The molecule has 0 radical (unpaired) electrons. The van der Waals surface area contributed by atoms with Gasteiger partial charge < -0.3 is 20.1 Å². The lowest BCUT2D eigenvalue weighted by Crippen LogP contribution is -2.48. The van der Waals surface area contributed by atoms with Crippen LogP contribution in [-0.4, -0.2) is 53.1 Å². The lowest BCUT2D eigenvalue weighted by Gasteiger charge is -2.19. The van der Waals surface area contributed by atoms with E-state index >= 15 is 0 Å². The van der Waals surface area contributed by atoms with Crippen molar-refractivity contribution in [2.45, 2.75) is 216 Å². The van der Waals surface area contributed by atoms with Crippen molar-refractivity contribution in [3.63, 3.8) is 0 Å². The summed E-state index contributed by atoms with van der Waals surface area (Å²) in [7, 11) is -4.17. The van der Waals surface area contributed by atoms with Gasteiger partial charge in [-0.3, -0.25) is 9.05 Å². The molecule has 1 rings (SSSR count). The highest BCUT2D eigenvalue weighted by atomic mass is 31.2. The minimum atomic E-state index is -4.17. The van der Waals surface area contributed by atoms with Gasteiger partial charge in [0.2, 0.25) is 0 Å². The van der Waals surface area contributed by atoms with E-state index in [2.05, 4.69) is 134 Å². The molecule has 6 N–H and O–H groups in total. The van der Waals surface area contributed by atoms with Gasteiger partial charge in [0.15, 0.2) is 6.29 Å². The van der Waals surface area contributed by atoms with E-state index in [0.717, 1.165) is 108 Å². The molecular weight excluding hydrogens is 834 g/mol. The quantitative estimate of drug-likeness (QED) is 0.0284. The van der Waals surface area contributed by atoms with Crippen LogP contribution in [0.1, 0.15) is 192 Å². The number of phosphoric acid groups is 1. The molecule has 10 heteroatoms. The van der Waals surface area contributed by atoms with E-state index < -0.39 is 39.0 Å². The zero-order chi connectivity index (χ0) is 48.6. The molecule has 0 aliphatic carbocycles. The highest BCUT2D eigenvalue weighted by Gasteiger charge is 2.47. The normalized spacial score (nSPS) is 21.1. The fourth-order valence-corrected chi connectivity index (χ4v) is 8.21. The summed E-state index contributed by atoms with van der Waals surface area (Å²) in [6.45, 7) is 23.8. The molecule has 65 heavy (non-hydrogen) atoms. The van der Waals surface area contributed by atoms with E-state index in [9.17, 15) is 19.9 Å². The van der Waals surface area contributed by atoms with Gasteiger partial charge in [-0.2, -0.15) is 0 Å². The fraction of sp³-hybridized carbons (Fsp3) is 0.636. The smallest absolute Gasteiger partial charge is 0.394 e. The third kappa shape index (κ3) is 30.3. The average Bonchev–Trinajstić information content (AvgIpc) is 3.51. The van der Waals surface area contributed by atoms with Crippen molar-refractivity contribution in [3.8, 4) is 0 Å². The Morgan fingerprint density at radius 2 is 0.754 bits per heavy atom. The summed E-state index contributed by atoms with van der Waals surface area (Å²) in [4.78, 5) is 0. The monoisotopic (exact) mass is 927 g/mol. The van der Waals surface area contributed by atoms with Crippen molar-refractivity contribution in [1.82, 2.24) is 0 Å². The van der Waals surface area contributed by atoms with Crippen molar-refractivity contribution in [3.05, 3.63) is 116 Å². The van der Waals surface area contributed by atoms with Gasteiger partial charge in [-0.1, -0.05) is 121 Å². The lowest BCUT2D eigenvalue weighted by molar-refractivity contribution is -0.644. The van der Waals surface area contributed by atoms with Gasteiger partial charge in [0, 0.05) is 0 Å². The van der Waals surface area contributed by atoms with Crippen molar-refractivity contribution >= 4 is 7.82 Å². The molecule has 1 fully saturated rings. The summed E-state index contributed by atoms with van der Waals surface area (Å²) in [5, 5.41) is 29.2. The number of aliphatic hydroxyl groups excluding tert-OH is 3. The Morgan fingerprint density at radius 3 is 1.00 bits per heavy atom. The molecule has 0 bridgehead atoms. The number of quaternary nitrogens is 1. The summed E-state index contributed by atoms with van der Waals surface area (Å²) >= 11 is 0. The summed E-state index contributed by atoms with van der Waals surface area (Å²) in [5.74, 6) is 3.15. The van der Waals surface area contributed by atoms with E-state index in [-0.39, 0.29) is 6.61 Å². The summed E-state index contributed by atoms with van der Waals surface area (Å²) < 4.78 is 33.1. The molecule has 370 valence electrons. The van der Waals surface area contributed by atoms with E-state index in [1.807, 2.05) is 6.92 Å². The summed E-state index contributed by atoms with van der Waals surface area (Å²) in [6, 6.07) is 0. The van der Waals surface area contributed by atoms with Crippen LogP contribution in [0, 0.1) is 0 Å². The third-order valence-electron chi connectivity index (χ3n) is 11.9. The van der Waals surface area contributed by atoms with Crippen LogP contribution < -0.4 is 5.90 Å². The van der Waals surface area contributed by atoms with Gasteiger partial charge in [0.1, 0.15) is 18.3 Å². The number of allylic oxidation sites excluding steroid dienone is 19. The van der Waals surface area contributed by atoms with E-state index in [0.29, 0.717) is 0 Å². The zero-order valence-electron chi connectivity index (χ0n) is 42.8. The predicted molar refractivity (Wildman–Crippen MR) is 273 cm³/mol. The van der Waals surface area contributed by atoms with Crippen LogP contribution >= 0.6 is 7.82 Å². The van der Waals surface area contributed by atoms with Crippen LogP contribution in [0.25, 0.3) is 0 Å². The molecule has 1 saturated heterocycles. The van der Waals surface area contributed by atoms with Gasteiger partial charge in [-0.25, -0.2) is 10.5 Å². The largest absolute Gasteiger partial charge is 0.523 e. The lowest BCUT2D eigenvalue weighted by atomic mass is 10.0. The Balaban J connectivity index is 2.27. The van der Waals surface area contributed by atoms with Gasteiger partial charge in [-0.15, -0.1) is 0 Å². The molecule has 1 heterocycles. The maximum atomic E-state index is 12.8. The van der Waals surface area contributed by atoms with E-state index in [1.54, 1.807) is 6.08 Å². The molecule has 0 spiro atoms. The Labute approximate surface area is 396 Å². The van der Waals surface area contributed by atoms with Crippen LogP contribution in [0.3, 0.4) is 0 Å². The average molecular weight is 927 g/mol. The standard InChI is InChI=1S/C55H93NO8P/c1-42(2)21-12-22-43(3)23-13-24-44(4)25-14-26-45(5)27-15-28-46(6)29-16-30-47(7)31-17-32-48(8)33-18-34-49(9)35-19-36-50(10)37-20-38-51(11)39-40-61-65(60,64-56)63-55-54(59)53(58)52(41-57)62-55/h21,23,25,27,29,31,33,35,37,39,52-55,57-59H,12-20,22,24,26,28,30,32,34,36,38,40-41H2,1-11,56H3/q+1/b43-23+,44-25-,45-27-,46-29-,47-31-,48-33-,49-35-,50-37-,51-39-. The number of hydrogen-bond acceptors (Lipinski definition) is 8. The molecule has 1 aliphatic rings. The Morgan fingerprint density at radius 1 is 0.477 bits per heavy atom. The highest BCUT2D eigenvalue weighted by molar-refractivity contribution is 7.48. The molecule has 5 unspecified atom stereocenters. The van der Waals surface area contributed by atoms with Crippen molar-refractivity contribution < 1.29 is 44.2 Å². The number of phosphoric ester groups is 1. The van der Waals surface area contributed by atoms with Crippen LogP contribution in [0.2, 0.25) is 0 Å². The number of aliphatic hydroxyl groups is 3. The maximum Gasteiger partial charge on any atom is 0.523 e. The Bertz CT molecular complexity index is 1740. The highest BCUT2D eigenvalue weighted by Crippen LogP contribution is 2.50. The minimum absolute atomic E-state index is 0.0570. The second kappa shape index (κ2) is 35.5. The SMILES string of the molecule is CC(C)=CCC/C(C)=C/CC/C(C)=C\CC/C(C)=C\CC/C(C)=C\CC/C(C)=C\CC/C(C)=C\CC/C(C)=C\CC/C(C)=C\CC/C(C)=C\COP(=O)(O[NH3+])OC1OC(CO)C(O)C1O. The van der Waals surface area contributed by atoms with Crippen molar-refractivity contribution in [2.75, 3.05) is 13.2 Å². The van der Waals surface area contributed by atoms with Gasteiger partial charge in [0.05, 0.1) is 13.2 Å². The predicted octanol–water partition coefficient (Wildman–Crippen LogP) is 14.2. The van der Waals surface area contributed by atoms with Crippen molar-refractivity contribution in [2.24, 2.45) is 0 Å². The maximum absolute atomic E-state index is 12.8. The summed E-state index contributed by atoms with van der Waals surface area (Å²) in [6.07, 6.45) is 37.5. The first-order valence-corrected chi connectivity index (χ1v) is 25.9. The van der Waals surface area contributed by atoms with Crippen LogP contribution in [0.4, 0.5) is 0 Å². The second-order valence-corrected chi connectivity index (χ2v) is 20.4. The van der Waals surface area contributed by atoms with Crippen LogP contribution in [0.5, 0.6) is 0 Å². The minimum Gasteiger partial charge on any atom is -0.394 e. The number of rotatable bonds is 34. The number of hydrogen-bond donors (Lipinski definition) is 4. The first-order chi connectivity index (χ1) is 30.9. The van der Waals surface area contributed by atoms with E-state index in [4.69, 9.17) is 13.8 Å². The van der Waals surface area contributed by atoms with Gasteiger partial charge >= 0.3 is 7.82 Å². The Kier molecular flexibility index (Phi) is 32.9. The molecule has 5 atom stereocenters. The molecule has 1 aliphatic heterocycles. The molecule has 0 saturated carbocycles. The fourth-order valence-electron chi connectivity index (χ4n) is 7.33. The van der Waals surface area contributed by atoms with Crippen molar-refractivity contribution in [1.29, 1.82) is 0 Å². The molecule has 0 aromatic carbocycles. The molecule has 9 nitrogen and oxygen atoms in total. The van der Waals surface area contributed by atoms with Gasteiger partial charge in [-0.05, 0) is 192 Å². The Hall–Kier alpha value is -2.69. The molecular formula is C55H93NO8P+. The molecule has 0 aromatic rings. The number of ether oxygens (including phenoxy) is 1. The van der Waals surface area contributed by atoms with Crippen LogP contribution in [-0.2, 0) is 23.0 Å². The van der Waals surface area contributed by atoms with E-state index in [1.165, 1.54) is 63.0 Å². The zero-order valence-corrected chi connectivity index (χ0v) is 43.7. The van der Waals surface area contributed by atoms with Gasteiger partial charge in [0.25, 0.3) is 0 Å². The molecule has 0 aromatic heterocycles. The first-order valence-electron chi connectivity index (χ1n) is 24.4. The summed E-state index contributed by atoms with van der Waals surface area (Å²) in [5.41, 5.74) is 14.2. The third-order valence-corrected chi connectivity index (χ3v) is 13.1. The van der Waals surface area contributed by atoms with Crippen LogP contribution in [0.15, 0.2) is 116 Å². The topological polar surface area (TPSA) is 142 Å².